The first kappa shape index (κ1) is 16.6. The van der Waals surface area contributed by atoms with Crippen LogP contribution in [0.4, 0.5) is 0 Å². The number of aromatic nitrogens is 1. The molecule has 0 aliphatic heterocycles. The molecule has 126 valence electrons. The van der Waals surface area contributed by atoms with Gasteiger partial charge in [0, 0.05) is 35.1 Å². The van der Waals surface area contributed by atoms with Crippen LogP contribution in [0.25, 0.3) is 10.9 Å². The van der Waals surface area contributed by atoms with Gasteiger partial charge in [0.05, 0.1) is 0 Å². The highest BCUT2D eigenvalue weighted by molar-refractivity contribution is 5.97. The zero-order valence-electron chi connectivity index (χ0n) is 15.2. The molecule has 0 fully saturated rings. The van der Waals surface area contributed by atoms with E-state index in [4.69, 9.17) is 5.73 Å². The lowest BCUT2D eigenvalue weighted by Gasteiger charge is -2.39. The number of nitrogens with zero attached hydrogens (tertiary/aromatic N) is 1. The highest BCUT2D eigenvalue weighted by atomic mass is 16.1. The van der Waals surface area contributed by atoms with Crippen molar-refractivity contribution in [2.24, 2.45) is 18.2 Å². The van der Waals surface area contributed by atoms with Crippen molar-refractivity contribution >= 4 is 16.8 Å². The molecule has 2 atom stereocenters. The molecular formula is C21H26N2O. The van der Waals surface area contributed by atoms with Crippen molar-refractivity contribution in [1.29, 1.82) is 0 Å². The number of rotatable bonds is 3. The largest absolute Gasteiger partial charge is 0.366 e. The maximum absolute atomic E-state index is 12.3. The van der Waals surface area contributed by atoms with E-state index in [-0.39, 0.29) is 17.2 Å². The van der Waals surface area contributed by atoms with E-state index in [9.17, 15) is 4.79 Å². The Morgan fingerprint density at radius 2 is 1.96 bits per heavy atom. The molecule has 3 heteroatoms. The first-order valence-corrected chi connectivity index (χ1v) is 8.55. The van der Waals surface area contributed by atoms with Gasteiger partial charge >= 0.3 is 0 Å². The van der Waals surface area contributed by atoms with Gasteiger partial charge < -0.3 is 10.3 Å². The van der Waals surface area contributed by atoms with Crippen molar-refractivity contribution in [3.8, 4) is 0 Å². The maximum Gasteiger partial charge on any atom is 0.245 e. The van der Waals surface area contributed by atoms with Crippen LogP contribution >= 0.6 is 0 Å². The van der Waals surface area contributed by atoms with Crippen LogP contribution in [-0.2, 0) is 11.8 Å². The standard InChI is InChI=1S/C21H26N2O/c1-6-21(4)12-13(2)11-16(20(22)24)19(21)18-14(3)23(5)17-10-8-7-9-15(17)18/h7-12,19H,6H2,1-5H3,(H2,22,24). The number of carbonyl (C=O) groups is 1. The van der Waals surface area contributed by atoms with Crippen molar-refractivity contribution in [1.82, 2.24) is 4.57 Å². The van der Waals surface area contributed by atoms with E-state index in [0.29, 0.717) is 0 Å². The Morgan fingerprint density at radius 3 is 2.58 bits per heavy atom. The van der Waals surface area contributed by atoms with Gasteiger partial charge in [-0.3, -0.25) is 4.79 Å². The van der Waals surface area contributed by atoms with Gasteiger partial charge in [0.1, 0.15) is 0 Å². The summed E-state index contributed by atoms with van der Waals surface area (Å²) in [4.78, 5) is 12.3. The minimum absolute atomic E-state index is 0.0187. The number of carbonyl (C=O) groups excluding carboxylic acids is 1. The molecule has 1 heterocycles. The molecule has 2 unspecified atom stereocenters. The van der Waals surface area contributed by atoms with E-state index < -0.39 is 0 Å². The van der Waals surface area contributed by atoms with Crippen LogP contribution < -0.4 is 5.73 Å². The van der Waals surface area contributed by atoms with Crippen molar-refractivity contribution in [3.63, 3.8) is 0 Å². The van der Waals surface area contributed by atoms with Gasteiger partial charge in [-0.15, -0.1) is 0 Å². The van der Waals surface area contributed by atoms with Gasteiger partial charge in [-0.25, -0.2) is 0 Å². The minimum atomic E-state index is -0.320. The number of para-hydroxylation sites is 1. The van der Waals surface area contributed by atoms with E-state index in [1.54, 1.807) is 0 Å². The lowest BCUT2D eigenvalue weighted by Crippen LogP contribution is -2.33. The van der Waals surface area contributed by atoms with Crippen LogP contribution in [-0.4, -0.2) is 10.5 Å². The summed E-state index contributed by atoms with van der Waals surface area (Å²) in [7, 11) is 2.09. The van der Waals surface area contributed by atoms with Crippen molar-refractivity contribution < 1.29 is 4.79 Å². The van der Waals surface area contributed by atoms with Crippen molar-refractivity contribution in [2.75, 3.05) is 0 Å². The van der Waals surface area contributed by atoms with Crippen LogP contribution in [0.15, 0.2) is 47.6 Å². The summed E-state index contributed by atoms with van der Waals surface area (Å²) >= 11 is 0. The number of aryl methyl sites for hydroxylation is 1. The molecule has 1 aromatic carbocycles. The summed E-state index contributed by atoms with van der Waals surface area (Å²) in [6.07, 6.45) is 5.21. The van der Waals surface area contributed by atoms with Crippen LogP contribution in [0, 0.1) is 12.3 Å². The molecule has 1 amide bonds. The molecule has 2 aromatic rings. The highest BCUT2D eigenvalue weighted by Crippen LogP contribution is 2.51. The van der Waals surface area contributed by atoms with Crippen molar-refractivity contribution in [3.05, 3.63) is 58.8 Å². The molecule has 0 saturated carbocycles. The second-order valence-electron chi connectivity index (χ2n) is 7.22. The molecule has 0 spiro atoms. The van der Waals surface area contributed by atoms with E-state index >= 15 is 0 Å². The average Bonchev–Trinajstić information content (AvgIpc) is 2.79. The number of allylic oxidation sites excluding steroid dienone is 3. The second kappa shape index (κ2) is 5.66. The van der Waals surface area contributed by atoms with E-state index in [0.717, 1.165) is 17.6 Å². The first-order valence-electron chi connectivity index (χ1n) is 8.55. The molecule has 3 nitrogen and oxygen atoms in total. The van der Waals surface area contributed by atoms with Gasteiger partial charge in [-0.1, -0.05) is 49.8 Å². The topological polar surface area (TPSA) is 48.0 Å². The molecule has 24 heavy (non-hydrogen) atoms. The Labute approximate surface area is 143 Å². The molecule has 2 N–H and O–H groups in total. The fourth-order valence-corrected chi connectivity index (χ4v) is 4.25. The summed E-state index contributed by atoms with van der Waals surface area (Å²) in [5, 5.41) is 1.21. The molecule has 1 aromatic heterocycles. The average molecular weight is 322 g/mol. The van der Waals surface area contributed by atoms with E-state index in [1.807, 2.05) is 13.0 Å². The Hall–Kier alpha value is -2.29. The SMILES string of the molecule is CCC1(C)C=C(C)C=C(C(N)=O)C1c1c(C)n(C)c2ccccc12. The predicted molar refractivity (Wildman–Crippen MR) is 99.8 cm³/mol. The third-order valence-electron chi connectivity index (χ3n) is 5.69. The van der Waals surface area contributed by atoms with Crippen LogP contribution in [0.2, 0.25) is 0 Å². The Balaban J connectivity index is 2.36. The molecular weight excluding hydrogens is 296 g/mol. The first-order chi connectivity index (χ1) is 11.3. The van der Waals surface area contributed by atoms with Gasteiger partial charge in [-0.2, -0.15) is 0 Å². The van der Waals surface area contributed by atoms with Crippen LogP contribution in [0.3, 0.4) is 0 Å². The highest BCUT2D eigenvalue weighted by Gasteiger charge is 2.41. The predicted octanol–water partition coefficient (Wildman–Crippen LogP) is 4.36. The number of amides is 1. The fourth-order valence-electron chi connectivity index (χ4n) is 4.25. The molecule has 3 rings (SSSR count). The fraction of sp³-hybridized carbons (Fsp3) is 0.381. The number of primary amides is 1. The van der Waals surface area contributed by atoms with E-state index in [2.05, 4.69) is 62.7 Å². The number of fused-ring (bicyclic) bond motifs is 1. The zero-order chi connectivity index (χ0) is 17.6. The van der Waals surface area contributed by atoms with Crippen LogP contribution in [0.5, 0.6) is 0 Å². The lowest BCUT2D eigenvalue weighted by atomic mass is 9.64. The summed E-state index contributed by atoms with van der Waals surface area (Å²) < 4.78 is 2.21. The Morgan fingerprint density at radius 1 is 1.29 bits per heavy atom. The zero-order valence-corrected chi connectivity index (χ0v) is 15.2. The lowest BCUT2D eigenvalue weighted by molar-refractivity contribution is -0.115. The molecule has 1 aliphatic carbocycles. The number of hydrogen-bond donors (Lipinski definition) is 1. The molecule has 1 aliphatic rings. The summed E-state index contributed by atoms with van der Waals surface area (Å²) in [6.45, 7) is 8.59. The smallest absolute Gasteiger partial charge is 0.245 e. The summed E-state index contributed by atoms with van der Waals surface area (Å²) in [5.74, 6) is -0.339. The number of hydrogen-bond acceptors (Lipinski definition) is 1. The Kier molecular flexibility index (Phi) is 3.90. The monoisotopic (exact) mass is 322 g/mol. The van der Waals surface area contributed by atoms with Gasteiger partial charge in [0.15, 0.2) is 0 Å². The third-order valence-corrected chi connectivity index (χ3v) is 5.69. The van der Waals surface area contributed by atoms with Crippen LogP contribution in [0.1, 0.15) is 44.4 Å². The molecule has 0 saturated heterocycles. The maximum atomic E-state index is 12.3. The van der Waals surface area contributed by atoms with Gasteiger partial charge in [0.2, 0.25) is 5.91 Å². The Bertz CT molecular complexity index is 885. The minimum Gasteiger partial charge on any atom is -0.366 e. The normalized spacial score (nSPS) is 24.0. The molecule has 0 radical (unpaired) electrons. The summed E-state index contributed by atoms with van der Waals surface area (Å²) in [5.41, 5.74) is 11.1. The quantitative estimate of drug-likeness (QED) is 0.897. The number of benzene rings is 1. The second-order valence-corrected chi connectivity index (χ2v) is 7.22. The van der Waals surface area contributed by atoms with Gasteiger partial charge in [0.25, 0.3) is 0 Å². The third kappa shape index (κ3) is 2.31. The van der Waals surface area contributed by atoms with E-state index in [1.165, 1.54) is 22.2 Å². The number of nitrogens with two attached hydrogens (primary N) is 1. The van der Waals surface area contributed by atoms with Gasteiger partial charge in [-0.05, 0) is 37.3 Å². The molecule has 0 bridgehead atoms. The van der Waals surface area contributed by atoms with Crippen molar-refractivity contribution in [2.45, 2.75) is 40.0 Å². The summed E-state index contributed by atoms with van der Waals surface area (Å²) in [6, 6.07) is 8.40.